The molecule has 1 aliphatic carbocycles. The van der Waals surface area contributed by atoms with E-state index in [1.54, 1.807) is 0 Å². The van der Waals surface area contributed by atoms with Crippen molar-refractivity contribution in [3.63, 3.8) is 0 Å². The monoisotopic (exact) mass is 350 g/mol. The third-order valence-electron chi connectivity index (χ3n) is 5.37. The topological polar surface area (TPSA) is 76.6 Å². The van der Waals surface area contributed by atoms with Crippen molar-refractivity contribution in [2.24, 2.45) is 5.92 Å². The number of likely N-dealkylation sites (N-methyl/N-ethyl adjacent to an activating group) is 1. The Bertz CT molecular complexity index is 577. The number of rotatable bonds is 8. The van der Waals surface area contributed by atoms with E-state index in [0.29, 0.717) is 18.0 Å². The standard InChI is InChI=1S/C18H27FN4O2/c1-2-23(11-17(24)25)16-7-15(8-16)20-9-13-10-21-22-18(13)12-3-5-14(19)6-4-12/h3-6,13,15-16,18,20-22H,2,7-11H2,1H3,(H,24,25). The van der Waals surface area contributed by atoms with Gasteiger partial charge in [0.1, 0.15) is 5.82 Å². The summed E-state index contributed by atoms with van der Waals surface area (Å²) >= 11 is 0. The Morgan fingerprint density at radius 1 is 1.36 bits per heavy atom. The highest BCUT2D eigenvalue weighted by molar-refractivity contribution is 5.69. The van der Waals surface area contributed by atoms with Gasteiger partial charge in [0, 0.05) is 31.1 Å². The predicted molar refractivity (Wildman–Crippen MR) is 93.5 cm³/mol. The van der Waals surface area contributed by atoms with E-state index in [0.717, 1.165) is 38.0 Å². The summed E-state index contributed by atoms with van der Waals surface area (Å²) in [6.07, 6.45) is 1.99. The van der Waals surface area contributed by atoms with Crippen molar-refractivity contribution in [3.05, 3.63) is 35.6 Å². The first kappa shape index (κ1) is 18.3. The van der Waals surface area contributed by atoms with Gasteiger partial charge in [-0.05, 0) is 37.1 Å². The van der Waals surface area contributed by atoms with Crippen molar-refractivity contribution in [2.45, 2.75) is 37.9 Å². The van der Waals surface area contributed by atoms with Gasteiger partial charge in [-0.1, -0.05) is 19.1 Å². The summed E-state index contributed by atoms with van der Waals surface area (Å²) in [5, 5.41) is 12.6. The number of hydrogen-bond acceptors (Lipinski definition) is 5. The average molecular weight is 350 g/mol. The molecule has 7 heteroatoms. The molecule has 0 aromatic heterocycles. The summed E-state index contributed by atoms with van der Waals surface area (Å²) in [5.74, 6) is -0.582. The van der Waals surface area contributed by atoms with Crippen LogP contribution in [-0.2, 0) is 4.79 Å². The summed E-state index contributed by atoms with van der Waals surface area (Å²) < 4.78 is 13.1. The highest BCUT2D eigenvalue weighted by Crippen LogP contribution is 2.28. The molecule has 2 unspecified atom stereocenters. The molecular formula is C18H27FN4O2. The van der Waals surface area contributed by atoms with Crippen LogP contribution in [0.3, 0.4) is 0 Å². The number of carbonyl (C=O) groups is 1. The summed E-state index contributed by atoms with van der Waals surface area (Å²) in [7, 11) is 0. The predicted octanol–water partition coefficient (Wildman–Crippen LogP) is 1.12. The third kappa shape index (κ3) is 4.55. The zero-order valence-corrected chi connectivity index (χ0v) is 14.5. The second-order valence-electron chi connectivity index (χ2n) is 7.00. The van der Waals surface area contributed by atoms with Crippen LogP contribution in [-0.4, -0.2) is 54.2 Å². The lowest BCUT2D eigenvalue weighted by atomic mass is 9.84. The van der Waals surface area contributed by atoms with Crippen molar-refractivity contribution in [1.29, 1.82) is 0 Å². The molecule has 25 heavy (non-hydrogen) atoms. The van der Waals surface area contributed by atoms with E-state index in [1.807, 2.05) is 24.0 Å². The van der Waals surface area contributed by atoms with Gasteiger partial charge in [-0.25, -0.2) is 9.82 Å². The maximum atomic E-state index is 13.1. The van der Waals surface area contributed by atoms with Gasteiger partial charge in [0.15, 0.2) is 0 Å². The van der Waals surface area contributed by atoms with Crippen LogP contribution in [0.1, 0.15) is 31.4 Å². The minimum absolute atomic E-state index is 0.122. The number of nitrogens with one attached hydrogen (secondary N) is 3. The fourth-order valence-corrected chi connectivity index (χ4v) is 3.79. The van der Waals surface area contributed by atoms with Crippen molar-refractivity contribution < 1.29 is 14.3 Å². The molecule has 2 aliphatic rings. The minimum atomic E-state index is -0.761. The first-order valence-corrected chi connectivity index (χ1v) is 9.00. The highest BCUT2D eigenvalue weighted by Gasteiger charge is 2.35. The van der Waals surface area contributed by atoms with Gasteiger partial charge in [-0.3, -0.25) is 15.1 Å². The molecule has 0 amide bonds. The number of nitrogens with zero attached hydrogens (tertiary/aromatic N) is 1. The molecule has 1 aliphatic heterocycles. The number of hydrazine groups is 1. The van der Waals surface area contributed by atoms with E-state index < -0.39 is 5.97 Å². The number of aliphatic carboxylic acids is 1. The molecule has 3 rings (SSSR count). The van der Waals surface area contributed by atoms with Gasteiger partial charge in [-0.15, -0.1) is 0 Å². The Morgan fingerprint density at radius 2 is 2.08 bits per heavy atom. The molecular weight excluding hydrogens is 323 g/mol. The fourth-order valence-electron chi connectivity index (χ4n) is 3.79. The molecule has 138 valence electrons. The molecule has 1 aromatic carbocycles. The van der Waals surface area contributed by atoms with Crippen LogP contribution in [0, 0.1) is 11.7 Å². The largest absolute Gasteiger partial charge is 0.480 e. The van der Waals surface area contributed by atoms with Crippen LogP contribution < -0.4 is 16.2 Å². The quantitative estimate of drug-likeness (QED) is 0.563. The van der Waals surface area contributed by atoms with Crippen LogP contribution in [0.5, 0.6) is 0 Å². The molecule has 6 nitrogen and oxygen atoms in total. The molecule has 1 heterocycles. The van der Waals surface area contributed by atoms with Crippen LogP contribution in [0.15, 0.2) is 24.3 Å². The molecule has 2 atom stereocenters. The van der Waals surface area contributed by atoms with Gasteiger partial charge in [0.2, 0.25) is 0 Å². The number of benzene rings is 1. The Balaban J connectivity index is 1.45. The molecule has 2 fully saturated rings. The lowest BCUT2D eigenvalue weighted by Gasteiger charge is -2.43. The van der Waals surface area contributed by atoms with E-state index in [2.05, 4.69) is 16.2 Å². The molecule has 0 radical (unpaired) electrons. The third-order valence-corrected chi connectivity index (χ3v) is 5.37. The molecule has 4 N–H and O–H groups in total. The second kappa shape index (κ2) is 8.23. The zero-order chi connectivity index (χ0) is 17.8. The van der Waals surface area contributed by atoms with Crippen LogP contribution in [0.2, 0.25) is 0 Å². The molecule has 1 saturated heterocycles. The molecule has 0 spiro atoms. The van der Waals surface area contributed by atoms with E-state index in [-0.39, 0.29) is 18.4 Å². The molecule has 0 bridgehead atoms. The van der Waals surface area contributed by atoms with Crippen molar-refractivity contribution >= 4 is 5.97 Å². The zero-order valence-electron chi connectivity index (χ0n) is 14.5. The summed E-state index contributed by atoms with van der Waals surface area (Å²) in [4.78, 5) is 12.9. The smallest absolute Gasteiger partial charge is 0.317 e. The highest BCUT2D eigenvalue weighted by atomic mass is 19.1. The number of carboxylic acids is 1. The van der Waals surface area contributed by atoms with E-state index in [4.69, 9.17) is 5.11 Å². The van der Waals surface area contributed by atoms with Crippen LogP contribution in [0.25, 0.3) is 0 Å². The van der Waals surface area contributed by atoms with Crippen LogP contribution >= 0.6 is 0 Å². The van der Waals surface area contributed by atoms with Crippen molar-refractivity contribution in [1.82, 2.24) is 21.1 Å². The molecule has 1 aromatic rings. The van der Waals surface area contributed by atoms with E-state index >= 15 is 0 Å². The summed E-state index contributed by atoms with van der Waals surface area (Å²) in [6.45, 7) is 4.65. The van der Waals surface area contributed by atoms with Gasteiger partial charge in [0.25, 0.3) is 0 Å². The minimum Gasteiger partial charge on any atom is -0.480 e. The van der Waals surface area contributed by atoms with Gasteiger partial charge < -0.3 is 10.4 Å². The normalized spacial score (nSPS) is 28.9. The second-order valence-corrected chi connectivity index (χ2v) is 7.00. The lowest BCUT2D eigenvalue weighted by molar-refractivity contribution is -0.139. The SMILES string of the molecule is CCN(CC(=O)O)C1CC(NCC2CNNC2c2ccc(F)cc2)C1. The first-order valence-electron chi connectivity index (χ1n) is 9.00. The van der Waals surface area contributed by atoms with E-state index in [1.165, 1.54) is 12.1 Å². The Labute approximate surface area is 147 Å². The molecule has 1 saturated carbocycles. The first-order chi connectivity index (χ1) is 12.1. The van der Waals surface area contributed by atoms with Gasteiger partial charge >= 0.3 is 5.97 Å². The number of carboxylic acid groups (broad SMARTS) is 1. The summed E-state index contributed by atoms with van der Waals surface area (Å²) in [5.41, 5.74) is 7.56. The van der Waals surface area contributed by atoms with Crippen LogP contribution in [0.4, 0.5) is 4.39 Å². The average Bonchev–Trinajstić information content (AvgIpc) is 3.01. The maximum absolute atomic E-state index is 13.1. The lowest BCUT2D eigenvalue weighted by Crippen LogP contribution is -2.54. The van der Waals surface area contributed by atoms with E-state index in [9.17, 15) is 9.18 Å². The van der Waals surface area contributed by atoms with Crippen molar-refractivity contribution in [2.75, 3.05) is 26.2 Å². The fraction of sp³-hybridized carbons (Fsp3) is 0.611. The Hall–Kier alpha value is -1.54. The number of halogens is 1. The summed E-state index contributed by atoms with van der Waals surface area (Å²) in [6, 6.07) is 7.64. The Morgan fingerprint density at radius 3 is 2.72 bits per heavy atom. The number of hydrogen-bond donors (Lipinski definition) is 4. The maximum Gasteiger partial charge on any atom is 0.317 e. The van der Waals surface area contributed by atoms with Gasteiger partial charge in [0.05, 0.1) is 12.6 Å². The van der Waals surface area contributed by atoms with Gasteiger partial charge in [-0.2, -0.15) is 0 Å². The Kier molecular flexibility index (Phi) is 6.01. The van der Waals surface area contributed by atoms with Crippen molar-refractivity contribution in [3.8, 4) is 0 Å².